The van der Waals surface area contributed by atoms with Gasteiger partial charge in [0.2, 0.25) is 15.9 Å². The molecule has 0 aliphatic carbocycles. The number of nitrogens with zero attached hydrogens (tertiary/aromatic N) is 4. The average Bonchev–Trinajstić information content (AvgIpc) is 3.27. The third kappa shape index (κ3) is 5.32. The van der Waals surface area contributed by atoms with Gasteiger partial charge in [-0.25, -0.2) is 8.42 Å². The van der Waals surface area contributed by atoms with Crippen molar-refractivity contribution in [3.8, 4) is 0 Å². The SMILES string of the molecule is Cc1ccc(Cn2ccc(NC(=O)C3CCN(S(=O)(=O)c4ccc([N+](=O)[O-])cc4)CC3)n2)cc1. The van der Waals surface area contributed by atoms with Gasteiger partial charge in [-0.1, -0.05) is 29.8 Å². The molecule has 1 fully saturated rings. The molecule has 4 rings (SSSR count). The Morgan fingerprint density at radius 1 is 1.09 bits per heavy atom. The molecule has 178 valence electrons. The maximum atomic E-state index is 12.9. The van der Waals surface area contributed by atoms with Gasteiger partial charge in [-0.05, 0) is 37.5 Å². The minimum absolute atomic E-state index is 0.000109. The van der Waals surface area contributed by atoms with Crippen molar-refractivity contribution in [2.75, 3.05) is 18.4 Å². The van der Waals surface area contributed by atoms with Crippen molar-refractivity contribution >= 4 is 27.4 Å². The number of non-ortho nitro benzene ring substituents is 1. The fourth-order valence-electron chi connectivity index (χ4n) is 3.87. The van der Waals surface area contributed by atoms with Gasteiger partial charge >= 0.3 is 0 Å². The van der Waals surface area contributed by atoms with Crippen molar-refractivity contribution in [3.63, 3.8) is 0 Å². The van der Waals surface area contributed by atoms with Crippen LogP contribution in [0.15, 0.2) is 65.7 Å². The first-order valence-corrected chi connectivity index (χ1v) is 12.3. The summed E-state index contributed by atoms with van der Waals surface area (Å²) < 4.78 is 28.8. The second-order valence-corrected chi connectivity index (χ2v) is 10.2. The van der Waals surface area contributed by atoms with Crippen molar-refractivity contribution in [2.24, 2.45) is 5.92 Å². The van der Waals surface area contributed by atoms with Crippen LogP contribution in [-0.4, -0.2) is 46.4 Å². The van der Waals surface area contributed by atoms with Crippen LogP contribution in [-0.2, 0) is 21.4 Å². The molecule has 0 bridgehead atoms. The molecule has 34 heavy (non-hydrogen) atoms. The van der Waals surface area contributed by atoms with Gasteiger partial charge in [0.25, 0.3) is 5.69 Å². The Kier molecular flexibility index (Phi) is 6.75. The molecule has 2 aromatic carbocycles. The van der Waals surface area contributed by atoms with Crippen LogP contribution in [0.1, 0.15) is 24.0 Å². The van der Waals surface area contributed by atoms with E-state index in [0.717, 1.165) is 5.56 Å². The van der Waals surface area contributed by atoms with E-state index < -0.39 is 14.9 Å². The minimum atomic E-state index is -3.78. The van der Waals surface area contributed by atoms with Gasteiger partial charge in [0.15, 0.2) is 5.82 Å². The molecule has 1 amide bonds. The van der Waals surface area contributed by atoms with E-state index in [1.807, 2.05) is 31.2 Å². The van der Waals surface area contributed by atoms with Crippen molar-refractivity contribution in [3.05, 3.63) is 82.0 Å². The second-order valence-electron chi connectivity index (χ2n) is 8.30. The van der Waals surface area contributed by atoms with Crippen molar-refractivity contribution in [1.29, 1.82) is 0 Å². The Labute approximate surface area is 197 Å². The molecule has 1 aliphatic heterocycles. The van der Waals surface area contributed by atoms with Crippen LogP contribution >= 0.6 is 0 Å². The molecular weight excluding hydrogens is 458 g/mol. The van der Waals surface area contributed by atoms with Crippen molar-refractivity contribution in [1.82, 2.24) is 14.1 Å². The van der Waals surface area contributed by atoms with Gasteiger partial charge < -0.3 is 5.32 Å². The summed E-state index contributed by atoms with van der Waals surface area (Å²) in [5.41, 5.74) is 2.12. The zero-order chi connectivity index (χ0) is 24.3. The summed E-state index contributed by atoms with van der Waals surface area (Å²) in [5, 5.41) is 18.0. The third-order valence-corrected chi connectivity index (χ3v) is 7.78. The number of hydrogen-bond acceptors (Lipinski definition) is 6. The first kappa shape index (κ1) is 23.6. The zero-order valence-corrected chi connectivity index (χ0v) is 19.4. The van der Waals surface area contributed by atoms with E-state index in [9.17, 15) is 23.3 Å². The van der Waals surface area contributed by atoms with E-state index in [-0.39, 0.29) is 35.5 Å². The van der Waals surface area contributed by atoms with Crippen LogP contribution in [0, 0.1) is 23.0 Å². The maximum absolute atomic E-state index is 12.9. The number of nitrogens with one attached hydrogen (secondary N) is 1. The number of nitro groups is 1. The summed E-state index contributed by atoms with van der Waals surface area (Å²) in [6, 6.07) is 14.7. The monoisotopic (exact) mass is 483 g/mol. The van der Waals surface area contributed by atoms with Gasteiger partial charge in [0.1, 0.15) is 0 Å². The Balaban J connectivity index is 1.31. The van der Waals surface area contributed by atoms with Gasteiger partial charge in [-0.15, -0.1) is 0 Å². The molecule has 1 N–H and O–H groups in total. The lowest BCUT2D eigenvalue weighted by Crippen LogP contribution is -2.41. The molecule has 0 unspecified atom stereocenters. The summed E-state index contributed by atoms with van der Waals surface area (Å²) in [7, 11) is -3.78. The van der Waals surface area contributed by atoms with Crippen LogP contribution < -0.4 is 5.32 Å². The molecule has 11 heteroatoms. The van der Waals surface area contributed by atoms with E-state index in [1.54, 1.807) is 16.9 Å². The Bertz CT molecular complexity index is 1280. The fourth-order valence-corrected chi connectivity index (χ4v) is 5.34. The highest BCUT2D eigenvalue weighted by molar-refractivity contribution is 7.89. The minimum Gasteiger partial charge on any atom is -0.309 e. The maximum Gasteiger partial charge on any atom is 0.269 e. The molecule has 1 aliphatic rings. The van der Waals surface area contributed by atoms with Crippen LogP contribution in [0.5, 0.6) is 0 Å². The number of carbonyl (C=O) groups is 1. The second kappa shape index (κ2) is 9.74. The summed E-state index contributed by atoms with van der Waals surface area (Å²) in [6.07, 6.45) is 2.55. The smallest absolute Gasteiger partial charge is 0.269 e. The van der Waals surface area contributed by atoms with Crippen molar-refractivity contribution < 1.29 is 18.1 Å². The molecule has 0 spiro atoms. The number of nitro benzene ring substituents is 1. The van der Waals surface area contributed by atoms with E-state index in [4.69, 9.17) is 0 Å². The first-order valence-electron chi connectivity index (χ1n) is 10.9. The predicted octanol–water partition coefficient (Wildman–Crippen LogP) is 3.19. The number of aromatic nitrogens is 2. The van der Waals surface area contributed by atoms with Crippen molar-refractivity contribution in [2.45, 2.75) is 31.2 Å². The van der Waals surface area contributed by atoms with Gasteiger partial charge in [0, 0.05) is 43.4 Å². The van der Waals surface area contributed by atoms with E-state index in [0.29, 0.717) is 25.2 Å². The number of rotatable bonds is 7. The fraction of sp³-hybridized carbons (Fsp3) is 0.304. The molecule has 2 heterocycles. The predicted molar refractivity (Wildman–Crippen MR) is 126 cm³/mol. The largest absolute Gasteiger partial charge is 0.309 e. The topological polar surface area (TPSA) is 127 Å². The van der Waals surface area contributed by atoms with Gasteiger partial charge in [0.05, 0.1) is 16.4 Å². The standard InChI is InChI=1S/C23H25N5O5S/c1-17-2-4-18(5-3-17)16-26-13-12-22(25-26)24-23(29)19-10-14-27(15-11-19)34(32,33)21-8-6-20(7-9-21)28(30)31/h2-9,12-13,19H,10-11,14-16H2,1H3,(H,24,25,29). The highest BCUT2D eigenvalue weighted by Gasteiger charge is 2.32. The lowest BCUT2D eigenvalue weighted by Gasteiger charge is -2.30. The first-order chi connectivity index (χ1) is 16.2. The molecule has 0 atom stereocenters. The zero-order valence-electron chi connectivity index (χ0n) is 18.6. The van der Waals surface area contributed by atoms with E-state index in [1.165, 1.54) is 34.1 Å². The van der Waals surface area contributed by atoms with Crippen LogP contribution in [0.3, 0.4) is 0 Å². The normalized spacial score (nSPS) is 15.2. The number of amides is 1. The molecule has 1 aromatic heterocycles. The number of benzene rings is 2. The lowest BCUT2D eigenvalue weighted by atomic mass is 9.97. The lowest BCUT2D eigenvalue weighted by molar-refractivity contribution is -0.384. The molecular formula is C23H25N5O5S. The van der Waals surface area contributed by atoms with Gasteiger partial charge in [-0.2, -0.15) is 9.40 Å². The third-order valence-electron chi connectivity index (χ3n) is 5.87. The van der Waals surface area contributed by atoms with Crippen LogP contribution in [0.25, 0.3) is 0 Å². The Hall–Kier alpha value is -3.57. The Morgan fingerprint density at radius 2 is 1.74 bits per heavy atom. The molecule has 3 aromatic rings. The highest BCUT2D eigenvalue weighted by Crippen LogP contribution is 2.26. The van der Waals surface area contributed by atoms with Gasteiger partial charge in [-0.3, -0.25) is 19.6 Å². The number of piperidine rings is 1. The number of aryl methyl sites for hydroxylation is 1. The number of hydrogen-bond donors (Lipinski definition) is 1. The Morgan fingerprint density at radius 3 is 2.35 bits per heavy atom. The quantitative estimate of drug-likeness (QED) is 0.406. The summed E-state index contributed by atoms with van der Waals surface area (Å²) in [4.78, 5) is 22.9. The van der Waals surface area contributed by atoms with Crippen LogP contribution in [0.2, 0.25) is 0 Å². The average molecular weight is 484 g/mol. The number of anilines is 1. The molecule has 10 nitrogen and oxygen atoms in total. The number of sulfonamides is 1. The van der Waals surface area contributed by atoms with E-state index in [2.05, 4.69) is 10.4 Å². The summed E-state index contributed by atoms with van der Waals surface area (Å²) >= 11 is 0. The van der Waals surface area contributed by atoms with E-state index >= 15 is 0 Å². The highest BCUT2D eigenvalue weighted by atomic mass is 32.2. The molecule has 1 saturated heterocycles. The number of carbonyl (C=O) groups excluding carboxylic acids is 1. The van der Waals surface area contributed by atoms with Crippen LogP contribution in [0.4, 0.5) is 11.5 Å². The summed E-state index contributed by atoms with van der Waals surface area (Å²) in [5.74, 6) is -0.0587. The summed E-state index contributed by atoms with van der Waals surface area (Å²) in [6.45, 7) is 3.01. The molecule has 0 radical (unpaired) electrons. The molecule has 0 saturated carbocycles.